The van der Waals surface area contributed by atoms with Gasteiger partial charge in [-0.25, -0.2) is 4.39 Å². The molecule has 0 heterocycles. The van der Waals surface area contributed by atoms with Crippen LogP contribution in [0, 0.1) is 0 Å². The van der Waals surface area contributed by atoms with Crippen molar-refractivity contribution in [3.05, 3.63) is 0 Å². The van der Waals surface area contributed by atoms with Crippen LogP contribution in [0.5, 0.6) is 0 Å². The summed E-state index contributed by atoms with van der Waals surface area (Å²) in [7, 11) is 1.42. The van der Waals surface area contributed by atoms with Gasteiger partial charge in [-0.1, -0.05) is 48.0 Å². The van der Waals surface area contributed by atoms with Gasteiger partial charge in [-0.05, 0) is 19.3 Å². The second kappa shape index (κ2) is 11.4. The van der Waals surface area contributed by atoms with Crippen molar-refractivity contribution >= 4 is 21.9 Å². The van der Waals surface area contributed by atoms with Crippen molar-refractivity contribution in [3.8, 4) is 0 Å². The highest BCUT2D eigenvalue weighted by molar-refractivity contribution is 9.09. The van der Waals surface area contributed by atoms with Gasteiger partial charge in [0.05, 0.1) is 7.11 Å². The number of alkyl halides is 2. The van der Waals surface area contributed by atoms with E-state index in [9.17, 15) is 9.18 Å². The van der Waals surface area contributed by atoms with Gasteiger partial charge in [0.2, 0.25) is 0 Å². The Balaban J connectivity index is 3.01. The molecule has 1 atom stereocenters. The smallest absolute Gasteiger partial charge is 0.305 e. The first-order valence-corrected chi connectivity index (χ1v) is 6.93. The number of carbonyl (C=O) groups is 1. The molecule has 0 bridgehead atoms. The Hall–Kier alpha value is -0.120. The highest BCUT2D eigenvalue weighted by Crippen LogP contribution is 2.14. The van der Waals surface area contributed by atoms with Gasteiger partial charge < -0.3 is 4.74 Å². The Morgan fingerprint density at radius 3 is 2.12 bits per heavy atom. The van der Waals surface area contributed by atoms with Crippen LogP contribution >= 0.6 is 15.9 Å². The maximum absolute atomic E-state index is 12.4. The molecule has 0 aromatic rings. The summed E-state index contributed by atoms with van der Waals surface area (Å²) >= 11 is 2.89. The van der Waals surface area contributed by atoms with Crippen LogP contribution in [0.2, 0.25) is 0 Å². The van der Waals surface area contributed by atoms with Crippen molar-refractivity contribution in [2.75, 3.05) is 7.11 Å². The highest BCUT2D eigenvalue weighted by Gasteiger charge is 2.00. The molecule has 0 radical (unpaired) electrons. The van der Waals surface area contributed by atoms with Crippen LogP contribution in [-0.2, 0) is 9.53 Å². The van der Waals surface area contributed by atoms with Crippen molar-refractivity contribution in [2.45, 2.75) is 62.9 Å². The van der Waals surface area contributed by atoms with E-state index in [1.165, 1.54) is 13.5 Å². The third kappa shape index (κ3) is 12.0. The van der Waals surface area contributed by atoms with E-state index in [4.69, 9.17) is 0 Å². The zero-order valence-electron chi connectivity index (χ0n) is 10.0. The summed E-state index contributed by atoms with van der Waals surface area (Å²) in [6.07, 6.45) is 8.70. The molecular weight excluding hydrogens is 275 g/mol. The average molecular weight is 297 g/mol. The lowest BCUT2D eigenvalue weighted by Crippen LogP contribution is -1.99. The molecule has 0 saturated carbocycles. The van der Waals surface area contributed by atoms with Crippen molar-refractivity contribution in [1.29, 1.82) is 0 Å². The van der Waals surface area contributed by atoms with E-state index in [0.717, 1.165) is 38.5 Å². The van der Waals surface area contributed by atoms with Crippen LogP contribution in [0.4, 0.5) is 4.39 Å². The van der Waals surface area contributed by atoms with Crippen molar-refractivity contribution in [2.24, 2.45) is 0 Å². The van der Waals surface area contributed by atoms with Crippen LogP contribution < -0.4 is 0 Å². The minimum absolute atomic E-state index is 0.119. The third-order valence-corrected chi connectivity index (χ3v) is 2.99. The highest BCUT2D eigenvalue weighted by atomic mass is 79.9. The molecule has 4 heteroatoms. The van der Waals surface area contributed by atoms with Crippen molar-refractivity contribution in [3.63, 3.8) is 0 Å². The fourth-order valence-electron chi connectivity index (χ4n) is 1.55. The number of unbranched alkanes of at least 4 members (excludes halogenated alkanes) is 6. The molecule has 0 aromatic heterocycles. The Kier molecular flexibility index (Phi) is 11.3. The first-order chi connectivity index (χ1) is 7.66. The zero-order valence-corrected chi connectivity index (χ0v) is 11.6. The minimum atomic E-state index is -0.840. The molecule has 0 aliphatic rings. The van der Waals surface area contributed by atoms with Gasteiger partial charge in [-0.2, -0.15) is 0 Å². The number of hydrogen-bond donors (Lipinski definition) is 0. The summed E-state index contributed by atoms with van der Waals surface area (Å²) in [4.78, 5) is 10.8. The summed E-state index contributed by atoms with van der Waals surface area (Å²) in [5.41, 5.74) is 0. The Morgan fingerprint density at radius 2 is 1.62 bits per heavy atom. The van der Waals surface area contributed by atoms with E-state index >= 15 is 0 Å². The number of carbonyl (C=O) groups excluding carboxylic acids is 1. The lowest BCUT2D eigenvalue weighted by molar-refractivity contribution is -0.140. The third-order valence-electron chi connectivity index (χ3n) is 2.53. The van der Waals surface area contributed by atoms with E-state index < -0.39 is 5.08 Å². The van der Waals surface area contributed by atoms with Gasteiger partial charge >= 0.3 is 5.97 Å². The monoisotopic (exact) mass is 296 g/mol. The largest absolute Gasteiger partial charge is 0.469 e. The standard InChI is InChI=1S/C12H22BrFO2/c1-16-12(15)10-8-6-4-2-3-5-7-9-11(13)14/h11H,2-10H2,1H3. The van der Waals surface area contributed by atoms with E-state index in [1.54, 1.807) is 0 Å². The Bertz CT molecular complexity index is 174. The molecule has 96 valence electrons. The molecule has 0 saturated heterocycles. The molecule has 0 aliphatic heterocycles. The molecule has 2 nitrogen and oxygen atoms in total. The quantitative estimate of drug-likeness (QED) is 0.340. The van der Waals surface area contributed by atoms with E-state index in [1.807, 2.05) is 0 Å². The predicted molar refractivity (Wildman–Crippen MR) is 67.4 cm³/mol. The molecule has 0 aromatic carbocycles. The summed E-state index contributed by atoms with van der Waals surface area (Å²) in [6.45, 7) is 0. The Labute approximate surface area is 106 Å². The summed E-state index contributed by atoms with van der Waals surface area (Å²) in [5, 5.41) is -0.840. The number of esters is 1. The van der Waals surface area contributed by atoms with Gasteiger partial charge in [-0.15, -0.1) is 0 Å². The maximum Gasteiger partial charge on any atom is 0.305 e. The fourth-order valence-corrected chi connectivity index (χ4v) is 1.88. The molecule has 0 spiro atoms. The average Bonchev–Trinajstić information content (AvgIpc) is 2.26. The van der Waals surface area contributed by atoms with Crippen LogP contribution in [0.15, 0.2) is 0 Å². The summed E-state index contributed by atoms with van der Waals surface area (Å²) in [6, 6.07) is 0. The predicted octanol–water partition coefficient (Wildman–Crippen LogP) is 4.36. The van der Waals surface area contributed by atoms with Crippen LogP contribution in [0.3, 0.4) is 0 Å². The van der Waals surface area contributed by atoms with Gasteiger partial charge in [0, 0.05) is 6.42 Å². The zero-order chi connectivity index (χ0) is 12.2. The molecule has 0 N–H and O–H groups in total. The molecule has 0 aliphatic carbocycles. The molecular formula is C12H22BrFO2. The van der Waals surface area contributed by atoms with E-state index in [0.29, 0.717) is 12.8 Å². The number of methoxy groups -OCH3 is 1. The second-order valence-corrected chi connectivity index (χ2v) is 4.97. The Morgan fingerprint density at radius 1 is 1.12 bits per heavy atom. The summed E-state index contributed by atoms with van der Waals surface area (Å²) < 4.78 is 16.9. The molecule has 0 fully saturated rings. The van der Waals surface area contributed by atoms with E-state index in [2.05, 4.69) is 20.7 Å². The molecule has 0 amide bonds. The topological polar surface area (TPSA) is 26.3 Å². The SMILES string of the molecule is COC(=O)CCCCCCCCCC(F)Br. The van der Waals surface area contributed by atoms with Crippen molar-refractivity contribution < 1.29 is 13.9 Å². The normalized spacial score (nSPS) is 12.4. The number of ether oxygens (including phenoxy) is 1. The minimum Gasteiger partial charge on any atom is -0.469 e. The molecule has 0 rings (SSSR count). The van der Waals surface area contributed by atoms with Gasteiger partial charge in [0.25, 0.3) is 0 Å². The lowest BCUT2D eigenvalue weighted by atomic mass is 10.1. The maximum atomic E-state index is 12.4. The van der Waals surface area contributed by atoms with Gasteiger partial charge in [0.1, 0.15) is 0 Å². The summed E-state index contributed by atoms with van der Waals surface area (Å²) in [5.74, 6) is -0.119. The van der Waals surface area contributed by atoms with Crippen LogP contribution in [0.25, 0.3) is 0 Å². The first kappa shape index (κ1) is 15.9. The first-order valence-electron chi connectivity index (χ1n) is 6.01. The van der Waals surface area contributed by atoms with Crippen molar-refractivity contribution in [1.82, 2.24) is 0 Å². The number of rotatable bonds is 10. The fraction of sp³-hybridized carbons (Fsp3) is 0.917. The van der Waals surface area contributed by atoms with Crippen LogP contribution in [-0.4, -0.2) is 18.2 Å². The number of halogens is 2. The molecule has 1 unspecified atom stereocenters. The van der Waals surface area contributed by atoms with Gasteiger partial charge in [-0.3, -0.25) is 4.79 Å². The van der Waals surface area contributed by atoms with Gasteiger partial charge in [0.15, 0.2) is 5.08 Å². The molecule has 16 heavy (non-hydrogen) atoms. The lowest BCUT2D eigenvalue weighted by Gasteiger charge is -2.02. The van der Waals surface area contributed by atoms with E-state index in [-0.39, 0.29) is 5.97 Å². The second-order valence-electron chi connectivity index (χ2n) is 3.98. The van der Waals surface area contributed by atoms with Crippen LogP contribution in [0.1, 0.15) is 57.8 Å². The number of hydrogen-bond acceptors (Lipinski definition) is 2.